The van der Waals surface area contributed by atoms with Crippen molar-refractivity contribution in [2.24, 2.45) is 28.2 Å². The molecule has 11 nitrogen and oxygen atoms in total. The summed E-state index contributed by atoms with van der Waals surface area (Å²) in [5.41, 5.74) is -2.66. The van der Waals surface area contributed by atoms with Gasteiger partial charge in [-0.05, 0) is 6.07 Å². The summed E-state index contributed by atoms with van der Waals surface area (Å²) in [4.78, 5) is 51.1. The molecule has 0 bridgehead atoms. The van der Waals surface area contributed by atoms with Gasteiger partial charge in [-0.25, -0.2) is 9.59 Å². The minimum Gasteiger partial charge on any atom is -0.494 e. The first-order chi connectivity index (χ1) is 14.6. The lowest BCUT2D eigenvalue weighted by molar-refractivity contribution is 0.345. The van der Waals surface area contributed by atoms with E-state index in [4.69, 9.17) is 9.47 Å². The molecule has 3 heterocycles. The third-order valence-corrected chi connectivity index (χ3v) is 5.63. The summed E-state index contributed by atoms with van der Waals surface area (Å²) in [6.07, 6.45) is 0. The molecular weight excluding hydrogens is 408 g/mol. The molecule has 162 valence electrons. The lowest BCUT2D eigenvalue weighted by atomic mass is 9.84. The van der Waals surface area contributed by atoms with Gasteiger partial charge in [-0.2, -0.15) is 0 Å². The van der Waals surface area contributed by atoms with Crippen LogP contribution in [0.1, 0.15) is 22.6 Å². The Labute approximate surface area is 174 Å². The number of rotatable bonds is 2. The van der Waals surface area contributed by atoms with E-state index in [1.807, 2.05) is 0 Å². The maximum absolute atomic E-state index is 13.2. The molecule has 11 heteroatoms. The molecule has 0 saturated heterocycles. The highest BCUT2D eigenvalue weighted by molar-refractivity contribution is 5.61. The van der Waals surface area contributed by atoms with Crippen molar-refractivity contribution < 1.29 is 14.6 Å². The van der Waals surface area contributed by atoms with E-state index < -0.39 is 34.3 Å². The average molecular weight is 428 g/mol. The molecule has 31 heavy (non-hydrogen) atoms. The zero-order valence-corrected chi connectivity index (χ0v) is 17.5. The van der Waals surface area contributed by atoms with Crippen LogP contribution in [0.3, 0.4) is 0 Å². The van der Waals surface area contributed by atoms with Gasteiger partial charge in [-0.1, -0.05) is 12.1 Å². The molecule has 1 aromatic carbocycles. The highest BCUT2D eigenvalue weighted by Gasteiger charge is 2.39. The van der Waals surface area contributed by atoms with Gasteiger partial charge < -0.3 is 14.6 Å². The number of methoxy groups -OCH3 is 1. The van der Waals surface area contributed by atoms with Gasteiger partial charge in [-0.15, -0.1) is 0 Å². The molecule has 1 atom stereocenters. The molecule has 0 aliphatic carbocycles. The molecule has 1 unspecified atom stereocenters. The number of para-hydroxylation sites is 1. The quantitative estimate of drug-likeness (QED) is 0.455. The van der Waals surface area contributed by atoms with Gasteiger partial charge in [0.2, 0.25) is 11.8 Å². The first-order valence-electron chi connectivity index (χ1n) is 9.25. The number of hydrogen-bond acceptors (Lipinski definition) is 7. The molecule has 4 rings (SSSR count). The maximum atomic E-state index is 13.2. The van der Waals surface area contributed by atoms with Crippen molar-refractivity contribution in [3.63, 3.8) is 0 Å². The van der Waals surface area contributed by atoms with E-state index in [0.29, 0.717) is 11.3 Å². The monoisotopic (exact) mass is 428 g/mol. The molecule has 1 aliphatic heterocycles. The van der Waals surface area contributed by atoms with Crippen molar-refractivity contribution in [3.8, 4) is 23.3 Å². The van der Waals surface area contributed by atoms with E-state index in [-0.39, 0.29) is 22.8 Å². The minimum absolute atomic E-state index is 0.0172. The topological polar surface area (TPSA) is 127 Å². The van der Waals surface area contributed by atoms with Crippen LogP contribution in [0, 0.1) is 0 Å². The van der Waals surface area contributed by atoms with Gasteiger partial charge in [0.05, 0.1) is 24.2 Å². The third-order valence-electron chi connectivity index (χ3n) is 5.63. The molecule has 2 aromatic heterocycles. The van der Waals surface area contributed by atoms with Gasteiger partial charge >= 0.3 is 11.4 Å². The van der Waals surface area contributed by atoms with Crippen LogP contribution < -0.4 is 32.0 Å². The molecule has 0 spiro atoms. The van der Waals surface area contributed by atoms with Crippen LogP contribution in [0.4, 0.5) is 0 Å². The highest BCUT2D eigenvalue weighted by atomic mass is 16.5. The fraction of sp³-hybridized carbons (Fsp3) is 0.300. The first-order valence-corrected chi connectivity index (χ1v) is 9.25. The number of benzene rings is 1. The van der Waals surface area contributed by atoms with Crippen LogP contribution in [0.2, 0.25) is 0 Å². The summed E-state index contributed by atoms with van der Waals surface area (Å²) >= 11 is 0. The second kappa shape index (κ2) is 6.76. The van der Waals surface area contributed by atoms with Gasteiger partial charge in [0.25, 0.3) is 11.1 Å². The van der Waals surface area contributed by atoms with E-state index in [1.165, 1.54) is 35.3 Å². The number of ether oxygens (including phenoxy) is 2. The predicted molar refractivity (Wildman–Crippen MR) is 110 cm³/mol. The van der Waals surface area contributed by atoms with Crippen LogP contribution in [0.5, 0.6) is 23.3 Å². The van der Waals surface area contributed by atoms with Gasteiger partial charge in [0.15, 0.2) is 11.5 Å². The van der Waals surface area contributed by atoms with Gasteiger partial charge in [-0.3, -0.25) is 27.9 Å². The summed E-state index contributed by atoms with van der Waals surface area (Å²) in [7, 11) is 6.75. The molecule has 0 saturated carbocycles. The molecule has 1 aliphatic rings. The second-order valence-corrected chi connectivity index (χ2v) is 7.28. The maximum Gasteiger partial charge on any atom is 0.333 e. The van der Waals surface area contributed by atoms with Crippen molar-refractivity contribution >= 4 is 0 Å². The number of hydrogen-bond donors (Lipinski definition) is 1. The molecule has 1 N–H and O–H groups in total. The fourth-order valence-corrected chi connectivity index (χ4v) is 3.92. The third kappa shape index (κ3) is 2.59. The summed E-state index contributed by atoms with van der Waals surface area (Å²) in [5, 5.41) is 10.8. The number of nitrogens with zero attached hydrogens (tertiary/aromatic N) is 4. The standard InChI is InChI=1S/C20H20N4O7/c1-21-15(25)12(16(26)22(2)19(21)28)11-9-7-6-8-10(30-5)14(9)31-18-13(11)17(27)23(3)20(29)24(18)4/h6-8,11,25H,1-5H3. The van der Waals surface area contributed by atoms with Crippen LogP contribution in [0.25, 0.3) is 0 Å². The Morgan fingerprint density at radius 3 is 2.06 bits per heavy atom. The van der Waals surface area contributed by atoms with Crippen molar-refractivity contribution in [1.82, 2.24) is 18.3 Å². The Kier molecular flexibility index (Phi) is 4.42. The highest BCUT2D eigenvalue weighted by Crippen LogP contribution is 2.49. The SMILES string of the molecule is COc1cccc2c1Oc1c(c(=O)n(C)c(=O)n1C)C2c1c(O)n(C)c(=O)n(C)c1=O. The van der Waals surface area contributed by atoms with E-state index in [1.54, 1.807) is 18.2 Å². The molecular formula is C20H20N4O7. The average Bonchev–Trinajstić information content (AvgIpc) is 2.77. The number of aromatic nitrogens is 4. The predicted octanol–water partition coefficient (Wildman–Crippen LogP) is -0.518. The van der Waals surface area contributed by atoms with Crippen LogP contribution in [-0.2, 0) is 28.2 Å². The molecule has 0 radical (unpaired) electrons. The number of aromatic hydroxyl groups is 1. The van der Waals surface area contributed by atoms with Gasteiger partial charge in [0, 0.05) is 33.8 Å². The van der Waals surface area contributed by atoms with E-state index in [0.717, 1.165) is 18.3 Å². The normalized spacial score (nSPS) is 14.5. The fourth-order valence-electron chi connectivity index (χ4n) is 3.92. The largest absolute Gasteiger partial charge is 0.494 e. The number of fused-ring (bicyclic) bond motifs is 2. The molecule has 0 amide bonds. The van der Waals surface area contributed by atoms with Crippen molar-refractivity contribution in [2.75, 3.05) is 7.11 Å². The summed E-state index contributed by atoms with van der Waals surface area (Å²) in [5.74, 6) is -1.28. The Morgan fingerprint density at radius 2 is 1.45 bits per heavy atom. The van der Waals surface area contributed by atoms with Crippen LogP contribution in [-0.4, -0.2) is 30.5 Å². The van der Waals surface area contributed by atoms with Gasteiger partial charge in [0.1, 0.15) is 0 Å². The molecule has 0 fully saturated rings. The van der Waals surface area contributed by atoms with E-state index in [9.17, 15) is 24.3 Å². The summed E-state index contributed by atoms with van der Waals surface area (Å²) < 4.78 is 15.1. The lowest BCUT2D eigenvalue weighted by Gasteiger charge is -2.30. The lowest BCUT2D eigenvalue weighted by Crippen LogP contribution is -2.44. The molecule has 3 aromatic rings. The Bertz CT molecular complexity index is 1460. The smallest absolute Gasteiger partial charge is 0.333 e. The zero-order chi connectivity index (χ0) is 22.8. The van der Waals surface area contributed by atoms with Crippen molar-refractivity contribution in [2.45, 2.75) is 5.92 Å². The van der Waals surface area contributed by atoms with E-state index >= 15 is 0 Å². The zero-order valence-electron chi connectivity index (χ0n) is 17.5. The Morgan fingerprint density at radius 1 is 0.871 bits per heavy atom. The Hall–Kier alpha value is -4.02. The summed E-state index contributed by atoms with van der Waals surface area (Å²) in [6, 6.07) is 4.90. The van der Waals surface area contributed by atoms with E-state index in [2.05, 4.69) is 0 Å². The summed E-state index contributed by atoms with van der Waals surface area (Å²) in [6.45, 7) is 0. The van der Waals surface area contributed by atoms with Crippen LogP contribution in [0.15, 0.2) is 37.4 Å². The van der Waals surface area contributed by atoms with Crippen LogP contribution >= 0.6 is 0 Å². The minimum atomic E-state index is -1.12. The Balaban J connectivity index is 2.26. The van der Waals surface area contributed by atoms with Crippen molar-refractivity contribution in [1.29, 1.82) is 0 Å². The second-order valence-electron chi connectivity index (χ2n) is 7.28. The van der Waals surface area contributed by atoms with Crippen molar-refractivity contribution in [3.05, 3.63) is 76.6 Å². The first kappa shape index (κ1) is 20.3.